The van der Waals surface area contributed by atoms with Crippen molar-refractivity contribution < 1.29 is 27.4 Å². The van der Waals surface area contributed by atoms with Crippen LogP contribution in [0.3, 0.4) is 0 Å². The van der Waals surface area contributed by atoms with Crippen LogP contribution < -0.4 is 24.2 Å². The lowest BCUT2D eigenvalue weighted by Crippen LogP contribution is -2.32. The average Bonchev–Trinajstić information content (AvgIpc) is 2.84. The number of carbonyl (C=O) groups excluding carboxylic acids is 1. The van der Waals surface area contributed by atoms with Gasteiger partial charge in [0.25, 0.3) is 15.9 Å². The van der Waals surface area contributed by atoms with Gasteiger partial charge in [-0.3, -0.25) is 9.52 Å². The molecule has 0 aliphatic carbocycles. The fraction of sp³-hybridized carbons (Fsp3) is 0.269. The molecule has 0 saturated carbocycles. The highest BCUT2D eigenvalue weighted by molar-refractivity contribution is 7.92. The second kappa shape index (κ2) is 11.1. The van der Waals surface area contributed by atoms with Gasteiger partial charge in [-0.2, -0.15) is 0 Å². The molecular weight excluding hydrogens is 468 g/mol. The molecule has 35 heavy (non-hydrogen) atoms. The van der Waals surface area contributed by atoms with Crippen molar-refractivity contribution in [3.63, 3.8) is 0 Å². The molecule has 0 saturated heterocycles. The number of amides is 1. The molecule has 1 atom stereocenters. The number of nitrogens with one attached hydrogen (secondary N) is 2. The molecule has 3 rings (SSSR count). The summed E-state index contributed by atoms with van der Waals surface area (Å²) in [5.41, 5.74) is 2.92. The number of aryl methyl sites for hydroxylation is 2. The molecule has 0 radical (unpaired) electrons. The van der Waals surface area contributed by atoms with Crippen LogP contribution in [0.15, 0.2) is 65.6 Å². The number of carbonyl (C=O) groups is 1. The molecule has 3 aromatic rings. The Labute approximate surface area is 206 Å². The van der Waals surface area contributed by atoms with Crippen LogP contribution in [0.25, 0.3) is 0 Å². The Bertz CT molecular complexity index is 1290. The van der Waals surface area contributed by atoms with Crippen molar-refractivity contribution in [1.29, 1.82) is 0 Å². The lowest BCUT2D eigenvalue weighted by atomic mass is 10.1. The van der Waals surface area contributed by atoms with Gasteiger partial charge in [-0.25, -0.2) is 8.42 Å². The van der Waals surface area contributed by atoms with Crippen LogP contribution in [-0.4, -0.2) is 34.6 Å². The topological polar surface area (TPSA) is 103 Å². The largest absolute Gasteiger partial charge is 0.497 e. The van der Waals surface area contributed by atoms with Gasteiger partial charge in [-0.05, 0) is 79.9 Å². The van der Waals surface area contributed by atoms with Gasteiger partial charge in [-0.15, -0.1) is 0 Å². The van der Waals surface area contributed by atoms with Crippen LogP contribution >= 0.6 is 0 Å². The molecule has 0 spiro atoms. The Balaban J connectivity index is 1.70. The Kier molecular flexibility index (Phi) is 8.24. The summed E-state index contributed by atoms with van der Waals surface area (Å²) >= 11 is 0. The van der Waals surface area contributed by atoms with Gasteiger partial charge < -0.3 is 19.5 Å². The van der Waals surface area contributed by atoms with Gasteiger partial charge in [0.05, 0.1) is 24.8 Å². The number of benzene rings is 3. The first-order chi connectivity index (χ1) is 16.7. The van der Waals surface area contributed by atoms with Crippen molar-refractivity contribution in [3.05, 3.63) is 71.8 Å². The van der Waals surface area contributed by atoms with Crippen molar-refractivity contribution in [3.8, 4) is 17.2 Å². The third-order valence-electron chi connectivity index (χ3n) is 5.50. The summed E-state index contributed by atoms with van der Waals surface area (Å²) in [6.45, 7) is 5.85. The minimum Gasteiger partial charge on any atom is -0.497 e. The number of rotatable bonds is 10. The lowest BCUT2D eigenvalue weighted by molar-refractivity contribution is -0.122. The Morgan fingerprint density at radius 2 is 1.57 bits per heavy atom. The molecule has 8 nitrogen and oxygen atoms in total. The van der Waals surface area contributed by atoms with E-state index in [2.05, 4.69) is 10.0 Å². The minimum atomic E-state index is -3.91. The third kappa shape index (κ3) is 6.45. The van der Waals surface area contributed by atoms with Gasteiger partial charge >= 0.3 is 0 Å². The van der Waals surface area contributed by atoms with E-state index >= 15 is 0 Å². The molecule has 0 aromatic heterocycles. The quantitative estimate of drug-likeness (QED) is 0.411. The smallest absolute Gasteiger partial charge is 0.265 e. The molecule has 0 aliphatic rings. The molecule has 0 fully saturated rings. The zero-order valence-electron chi connectivity index (χ0n) is 20.4. The van der Waals surface area contributed by atoms with E-state index < -0.39 is 16.1 Å². The second-order valence-electron chi connectivity index (χ2n) is 7.95. The zero-order valence-corrected chi connectivity index (χ0v) is 21.2. The monoisotopic (exact) mass is 498 g/mol. The van der Waals surface area contributed by atoms with Gasteiger partial charge in [-0.1, -0.05) is 13.0 Å². The second-order valence-corrected chi connectivity index (χ2v) is 9.63. The van der Waals surface area contributed by atoms with Crippen LogP contribution in [0.5, 0.6) is 17.2 Å². The number of sulfonamides is 1. The molecule has 2 N–H and O–H groups in total. The highest BCUT2D eigenvalue weighted by Gasteiger charge is 2.20. The standard InChI is InChI=1S/C26H30N2O6S/c1-6-24(34-21-10-7-17(2)18(3)15-21)26(29)27-19-8-12-22(13-9-19)35(30,31)28-23-16-20(32-4)11-14-25(23)33-5/h7-16,24,28H,6H2,1-5H3,(H,27,29). The summed E-state index contributed by atoms with van der Waals surface area (Å²) in [5, 5.41) is 2.79. The van der Waals surface area contributed by atoms with Gasteiger partial charge in [0, 0.05) is 11.8 Å². The Morgan fingerprint density at radius 1 is 0.886 bits per heavy atom. The Hall–Kier alpha value is -3.72. The van der Waals surface area contributed by atoms with Crippen LogP contribution in [0.1, 0.15) is 24.5 Å². The first-order valence-corrected chi connectivity index (χ1v) is 12.5. The van der Waals surface area contributed by atoms with Crippen molar-refractivity contribution >= 4 is 27.3 Å². The van der Waals surface area contributed by atoms with Gasteiger partial charge in [0.2, 0.25) is 0 Å². The molecule has 3 aromatic carbocycles. The number of anilines is 2. The van der Waals surface area contributed by atoms with Crippen LogP contribution in [0.4, 0.5) is 11.4 Å². The van der Waals surface area contributed by atoms with Crippen molar-refractivity contribution in [2.45, 2.75) is 38.2 Å². The lowest BCUT2D eigenvalue weighted by Gasteiger charge is -2.18. The molecule has 1 unspecified atom stereocenters. The molecular formula is C26H30N2O6S. The zero-order chi connectivity index (χ0) is 25.6. The van der Waals surface area contributed by atoms with Gasteiger partial charge in [0.15, 0.2) is 6.10 Å². The molecule has 0 heterocycles. The first-order valence-electron chi connectivity index (χ1n) is 11.1. The minimum absolute atomic E-state index is 0.0267. The predicted molar refractivity (Wildman–Crippen MR) is 136 cm³/mol. The van der Waals surface area contributed by atoms with E-state index in [9.17, 15) is 13.2 Å². The summed E-state index contributed by atoms with van der Waals surface area (Å²) < 4.78 is 44.6. The molecule has 9 heteroatoms. The van der Waals surface area contributed by atoms with Crippen molar-refractivity contribution in [2.75, 3.05) is 24.3 Å². The fourth-order valence-corrected chi connectivity index (χ4v) is 4.37. The van der Waals surface area contributed by atoms with Crippen molar-refractivity contribution in [2.24, 2.45) is 0 Å². The summed E-state index contributed by atoms with van der Waals surface area (Å²) in [4.78, 5) is 12.8. The van der Waals surface area contributed by atoms with E-state index in [1.165, 1.54) is 44.6 Å². The van der Waals surface area contributed by atoms with Crippen LogP contribution in [0.2, 0.25) is 0 Å². The van der Waals surface area contributed by atoms with E-state index in [-0.39, 0.29) is 16.5 Å². The number of hydrogen-bond acceptors (Lipinski definition) is 6. The fourth-order valence-electron chi connectivity index (χ4n) is 3.31. The third-order valence-corrected chi connectivity index (χ3v) is 6.88. The molecule has 186 valence electrons. The van der Waals surface area contributed by atoms with Crippen LogP contribution in [-0.2, 0) is 14.8 Å². The maximum atomic E-state index is 12.9. The average molecular weight is 499 g/mol. The van der Waals surface area contributed by atoms with E-state index in [4.69, 9.17) is 14.2 Å². The highest BCUT2D eigenvalue weighted by atomic mass is 32.2. The Morgan fingerprint density at radius 3 is 2.17 bits per heavy atom. The SMILES string of the molecule is CCC(Oc1ccc(C)c(C)c1)C(=O)Nc1ccc(S(=O)(=O)Nc2cc(OC)ccc2OC)cc1. The van der Waals surface area contributed by atoms with Crippen LogP contribution in [0, 0.1) is 13.8 Å². The number of methoxy groups -OCH3 is 2. The van der Waals surface area contributed by atoms with Crippen molar-refractivity contribution in [1.82, 2.24) is 0 Å². The summed E-state index contributed by atoms with van der Waals surface area (Å²) in [5.74, 6) is 1.14. The number of hydrogen-bond donors (Lipinski definition) is 2. The summed E-state index contributed by atoms with van der Waals surface area (Å²) in [6.07, 6.45) is -0.222. The number of ether oxygens (including phenoxy) is 3. The van der Waals surface area contributed by atoms with Gasteiger partial charge in [0.1, 0.15) is 17.2 Å². The molecule has 0 aliphatic heterocycles. The first kappa shape index (κ1) is 25.9. The summed E-state index contributed by atoms with van der Waals surface area (Å²) in [6, 6.07) is 16.4. The predicted octanol–water partition coefficient (Wildman–Crippen LogP) is 4.92. The molecule has 1 amide bonds. The summed E-state index contributed by atoms with van der Waals surface area (Å²) in [7, 11) is -0.970. The maximum absolute atomic E-state index is 12.9. The van der Waals surface area contributed by atoms with E-state index in [1.54, 1.807) is 12.1 Å². The van der Waals surface area contributed by atoms with E-state index in [0.717, 1.165) is 11.1 Å². The molecule has 0 bridgehead atoms. The van der Waals surface area contributed by atoms with E-state index in [1.807, 2.05) is 39.0 Å². The normalized spacial score (nSPS) is 11.9. The maximum Gasteiger partial charge on any atom is 0.265 e. The highest BCUT2D eigenvalue weighted by Crippen LogP contribution is 2.31. The van der Waals surface area contributed by atoms with E-state index in [0.29, 0.717) is 29.4 Å².